The van der Waals surface area contributed by atoms with Gasteiger partial charge in [0.25, 0.3) is 0 Å². The van der Waals surface area contributed by atoms with Gasteiger partial charge in [-0.2, -0.15) is 0 Å². The van der Waals surface area contributed by atoms with Gasteiger partial charge in [-0.3, -0.25) is 9.78 Å². The largest absolute Gasteiger partial charge is 0.494 e. The first-order valence-electron chi connectivity index (χ1n) is 9.37. The predicted molar refractivity (Wildman–Crippen MR) is 114 cm³/mol. The molecule has 2 aliphatic rings. The number of rotatable bonds is 3. The molecule has 4 rings (SSSR count). The summed E-state index contributed by atoms with van der Waals surface area (Å²) < 4.78 is 5.58. The van der Waals surface area contributed by atoms with E-state index in [1.165, 1.54) is 0 Å². The Balaban J connectivity index is 1.62. The summed E-state index contributed by atoms with van der Waals surface area (Å²) in [7, 11) is 2.02. The van der Waals surface area contributed by atoms with Crippen molar-refractivity contribution in [3.8, 4) is 5.75 Å². The molecule has 0 unspecified atom stereocenters. The lowest BCUT2D eigenvalue weighted by Crippen LogP contribution is -2.18. The summed E-state index contributed by atoms with van der Waals surface area (Å²) >= 11 is 0. The van der Waals surface area contributed by atoms with E-state index in [2.05, 4.69) is 22.0 Å². The Hall–Kier alpha value is -3.40. The van der Waals surface area contributed by atoms with Crippen LogP contribution >= 0.6 is 0 Å². The van der Waals surface area contributed by atoms with Crippen LogP contribution in [0.4, 0.5) is 5.69 Å². The SMILES string of the molecule is CCOc1ccc2c(c1)C=C/C(=C\C=C1/C=Cc3c(C)ccnc3C1=O)N2C. The van der Waals surface area contributed by atoms with Gasteiger partial charge >= 0.3 is 0 Å². The molecule has 1 aromatic carbocycles. The second-order valence-electron chi connectivity index (χ2n) is 6.81. The maximum Gasteiger partial charge on any atom is 0.211 e. The zero-order chi connectivity index (χ0) is 19.7. The zero-order valence-corrected chi connectivity index (χ0v) is 16.3. The fraction of sp³-hybridized carbons (Fsp3) is 0.167. The molecule has 4 nitrogen and oxygen atoms in total. The van der Waals surface area contributed by atoms with Gasteiger partial charge in [0.1, 0.15) is 11.4 Å². The molecule has 2 aromatic rings. The lowest BCUT2D eigenvalue weighted by Gasteiger charge is -2.26. The van der Waals surface area contributed by atoms with Gasteiger partial charge in [0.2, 0.25) is 5.78 Å². The fourth-order valence-corrected chi connectivity index (χ4v) is 3.47. The number of fused-ring (bicyclic) bond motifs is 2. The summed E-state index contributed by atoms with van der Waals surface area (Å²) in [4.78, 5) is 19.1. The molecule has 1 aliphatic heterocycles. The molecule has 1 aliphatic carbocycles. The Morgan fingerprint density at radius 2 is 1.96 bits per heavy atom. The van der Waals surface area contributed by atoms with E-state index in [0.717, 1.165) is 33.8 Å². The molecule has 140 valence electrons. The topological polar surface area (TPSA) is 42.4 Å². The highest BCUT2D eigenvalue weighted by atomic mass is 16.5. The number of benzene rings is 1. The van der Waals surface area contributed by atoms with E-state index in [-0.39, 0.29) is 5.78 Å². The van der Waals surface area contributed by atoms with Gasteiger partial charge in [-0.25, -0.2) is 0 Å². The Kier molecular flexibility index (Phi) is 4.70. The van der Waals surface area contributed by atoms with Gasteiger partial charge in [0.05, 0.1) is 6.61 Å². The van der Waals surface area contributed by atoms with Crippen LogP contribution in [0, 0.1) is 6.92 Å². The summed E-state index contributed by atoms with van der Waals surface area (Å²) in [5, 5.41) is 0. The number of allylic oxidation sites excluding steroid dienone is 5. The first kappa shape index (κ1) is 18.0. The highest BCUT2D eigenvalue weighted by molar-refractivity contribution is 6.14. The first-order valence-corrected chi connectivity index (χ1v) is 9.37. The van der Waals surface area contributed by atoms with Crippen LogP contribution < -0.4 is 9.64 Å². The molecule has 0 radical (unpaired) electrons. The molecule has 1 aromatic heterocycles. The number of nitrogens with zero attached hydrogens (tertiary/aromatic N) is 2. The minimum Gasteiger partial charge on any atom is -0.494 e. The molecule has 28 heavy (non-hydrogen) atoms. The Bertz CT molecular complexity index is 1070. The van der Waals surface area contributed by atoms with Gasteiger partial charge in [0, 0.05) is 41.3 Å². The number of carbonyl (C=O) groups excluding carboxylic acids is 1. The summed E-state index contributed by atoms with van der Waals surface area (Å²) in [5.41, 5.74) is 6.35. The number of aromatic nitrogens is 1. The standard InChI is InChI=1S/C24H22N2O2/c1-4-28-20-10-12-22-18(15-20)6-9-19(26(22)3)8-5-17-7-11-21-16(2)13-14-25-23(21)24(17)27/h5-15H,4H2,1-3H3/b17-5+,19-8+. The lowest BCUT2D eigenvalue weighted by molar-refractivity contribution is 0.103. The van der Waals surface area contributed by atoms with Crippen LogP contribution in [0.15, 0.2) is 66.0 Å². The average Bonchev–Trinajstić information content (AvgIpc) is 2.70. The minimum absolute atomic E-state index is 0.0396. The van der Waals surface area contributed by atoms with Crippen molar-refractivity contribution in [2.75, 3.05) is 18.6 Å². The number of pyridine rings is 1. The van der Waals surface area contributed by atoms with Crippen molar-refractivity contribution < 1.29 is 9.53 Å². The van der Waals surface area contributed by atoms with Crippen LogP contribution in [0.5, 0.6) is 5.75 Å². The number of likely N-dealkylation sites (N-methyl/N-ethyl adjacent to an activating group) is 1. The van der Waals surface area contributed by atoms with Crippen molar-refractivity contribution >= 4 is 23.6 Å². The number of ether oxygens (including phenoxy) is 1. The maximum absolute atomic E-state index is 12.8. The molecular weight excluding hydrogens is 348 g/mol. The predicted octanol–water partition coefficient (Wildman–Crippen LogP) is 4.97. The van der Waals surface area contributed by atoms with E-state index in [1.807, 2.05) is 69.5 Å². The van der Waals surface area contributed by atoms with E-state index in [1.54, 1.807) is 6.20 Å². The van der Waals surface area contributed by atoms with Gasteiger partial charge < -0.3 is 9.64 Å². The van der Waals surface area contributed by atoms with Crippen molar-refractivity contribution in [2.24, 2.45) is 0 Å². The van der Waals surface area contributed by atoms with Crippen molar-refractivity contribution in [3.63, 3.8) is 0 Å². The molecule has 0 bridgehead atoms. The van der Waals surface area contributed by atoms with E-state index in [4.69, 9.17) is 4.74 Å². The Morgan fingerprint density at radius 1 is 1.11 bits per heavy atom. The second-order valence-corrected chi connectivity index (χ2v) is 6.81. The average molecular weight is 370 g/mol. The Morgan fingerprint density at radius 3 is 2.79 bits per heavy atom. The van der Waals surface area contributed by atoms with E-state index in [0.29, 0.717) is 17.9 Å². The number of carbonyl (C=O) groups is 1. The molecule has 0 fully saturated rings. The molecule has 2 heterocycles. The zero-order valence-electron chi connectivity index (χ0n) is 16.3. The van der Waals surface area contributed by atoms with Gasteiger partial charge in [-0.1, -0.05) is 18.2 Å². The van der Waals surface area contributed by atoms with Crippen molar-refractivity contribution in [1.29, 1.82) is 0 Å². The second kappa shape index (κ2) is 7.31. The Labute approximate surface area is 165 Å². The third kappa shape index (κ3) is 3.18. The number of hydrogen-bond acceptors (Lipinski definition) is 4. The number of ketones is 1. The molecular formula is C24H22N2O2. The third-order valence-electron chi connectivity index (χ3n) is 5.04. The molecule has 0 atom stereocenters. The number of aryl methyl sites for hydroxylation is 1. The van der Waals surface area contributed by atoms with E-state index < -0.39 is 0 Å². The van der Waals surface area contributed by atoms with Crippen molar-refractivity contribution in [1.82, 2.24) is 4.98 Å². The van der Waals surface area contributed by atoms with Crippen LogP contribution in [0.3, 0.4) is 0 Å². The van der Waals surface area contributed by atoms with E-state index in [9.17, 15) is 4.79 Å². The third-order valence-corrected chi connectivity index (χ3v) is 5.04. The minimum atomic E-state index is -0.0396. The number of anilines is 1. The van der Waals surface area contributed by atoms with Crippen LogP contribution in [-0.4, -0.2) is 24.4 Å². The smallest absolute Gasteiger partial charge is 0.211 e. The van der Waals surface area contributed by atoms with Crippen LogP contribution in [0.1, 0.15) is 34.1 Å². The van der Waals surface area contributed by atoms with Crippen molar-refractivity contribution in [2.45, 2.75) is 13.8 Å². The maximum atomic E-state index is 12.8. The summed E-state index contributed by atoms with van der Waals surface area (Å²) in [5.74, 6) is 0.829. The van der Waals surface area contributed by atoms with E-state index >= 15 is 0 Å². The molecule has 4 heteroatoms. The molecule has 0 spiro atoms. The monoisotopic (exact) mass is 370 g/mol. The molecule has 0 saturated heterocycles. The van der Waals surface area contributed by atoms with Gasteiger partial charge in [-0.05, 0) is 61.9 Å². The van der Waals surface area contributed by atoms with Gasteiger partial charge in [0.15, 0.2) is 0 Å². The quantitative estimate of drug-likeness (QED) is 0.715. The summed E-state index contributed by atoms with van der Waals surface area (Å²) in [6.45, 7) is 4.62. The first-order chi connectivity index (χ1) is 13.6. The number of Topliss-reactive ketones (excluding diaryl/α,β-unsaturated/α-hetero) is 1. The summed E-state index contributed by atoms with van der Waals surface area (Å²) in [6, 6.07) is 7.99. The molecule has 0 N–H and O–H groups in total. The van der Waals surface area contributed by atoms with Crippen molar-refractivity contribution in [3.05, 3.63) is 88.4 Å². The molecule has 0 amide bonds. The van der Waals surface area contributed by atoms with Crippen LogP contribution in [0.2, 0.25) is 0 Å². The highest BCUT2D eigenvalue weighted by Gasteiger charge is 2.20. The lowest BCUT2D eigenvalue weighted by atomic mass is 9.94. The normalized spacial score (nSPS) is 17.8. The van der Waals surface area contributed by atoms with Gasteiger partial charge in [-0.15, -0.1) is 0 Å². The number of hydrogen-bond donors (Lipinski definition) is 0. The molecule has 0 saturated carbocycles. The summed E-state index contributed by atoms with van der Waals surface area (Å²) in [6.07, 6.45) is 13.5. The van der Waals surface area contributed by atoms with Crippen LogP contribution in [-0.2, 0) is 0 Å². The highest BCUT2D eigenvalue weighted by Crippen LogP contribution is 2.32. The fourth-order valence-electron chi connectivity index (χ4n) is 3.47. The van der Waals surface area contributed by atoms with Crippen LogP contribution in [0.25, 0.3) is 12.2 Å².